The molecule has 0 bridgehead atoms. The number of rotatable bonds is 7. The van der Waals surface area contributed by atoms with Crippen LogP contribution in [0.4, 0.5) is 13.6 Å². The van der Waals surface area contributed by atoms with E-state index in [4.69, 9.17) is 4.74 Å². The minimum atomic E-state index is -0.880. The van der Waals surface area contributed by atoms with E-state index in [1.165, 1.54) is 19.1 Å². The molecule has 3 aromatic carbocycles. The Balaban J connectivity index is 1.29. The van der Waals surface area contributed by atoms with Gasteiger partial charge in [0.25, 0.3) is 0 Å². The van der Waals surface area contributed by atoms with Crippen molar-refractivity contribution >= 4 is 18.0 Å². The van der Waals surface area contributed by atoms with Crippen LogP contribution in [0.2, 0.25) is 0 Å². The average Bonchev–Trinajstić information content (AvgIpc) is 3.12. The summed E-state index contributed by atoms with van der Waals surface area (Å²) in [6, 6.07) is 18.1. The van der Waals surface area contributed by atoms with Crippen molar-refractivity contribution in [3.05, 3.63) is 101 Å². The molecular formula is C27H23F2NO3. The fourth-order valence-corrected chi connectivity index (χ4v) is 4.08. The second-order valence-corrected chi connectivity index (χ2v) is 7.85. The van der Waals surface area contributed by atoms with Crippen LogP contribution in [0.3, 0.4) is 0 Å². The number of amides is 1. The largest absolute Gasteiger partial charge is 0.449 e. The molecule has 1 amide bonds. The predicted octanol–water partition coefficient (Wildman–Crippen LogP) is 6.11. The maximum Gasteiger partial charge on any atom is 0.407 e. The van der Waals surface area contributed by atoms with Gasteiger partial charge in [-0.3, -0.25) is 4.79 Å². The van der Waals surface area contributed by atoms with Gasteiger partial charge in [0.15, 0.2) is 5.78 Å². The zero-order valence-corrected chi connectivity index (χ0v) is 18.1. The van der Waals surface area contributed by atoms with Crippen LogP contribution in [0.25, 0.3) is 17.2 Å². The molecule has 0 radical (unpaired) electrons. The van der Waals surface area contributed by atoms with E-state index in [2.05, 4.69) is 29.6 Å². The number of ketones is 1. The van der Waals surface area contributed by atoms with Gasteiger partial charge >= 0.3 is 6.09 Å². The standard InChI is InChI=1S/C27H23F2NO3/c1-17(31)23-14-18(25(28)15-26(23)29)8-6-7-13-30-27(32)33-16-24-21-11-4-2-9-19(21)20-10-3-5-12-22(20)24/h2-6,8-12,14-15,24H,7,13,16H2,1H3,(H,30,32). The molecule has 0 heterocycles. The molecule has 6 heteroatoms. The Morgan fingerprint density at radius 1 is 0.970 bits per heavy atom. The van der Waals surface area contributed by atoms with Crippen LogP contribution in [-0.2, 0) is 4.74 Å². The number of benzene rings is 3. The number of hydrogen-bond donors (Lipinski definition) is 1. The fraction of sp³-hybridized carbons (Fsp3) is 0.185. The number of hydrogen-bond acceptors (Lipinski definition) is 3. The molecule has 0 unspecified atom stereocenters. The zero-order valence-electron chi connectivity index (χ0n) is 18.1. The second-order valence-electron chi connectivity index (χ2n) is 7.85. The Kier molecular flexibility index (Phi) is 6.63. The molecule has 168 valence electrons. The number of carbonyl (C=O) groups is 2. The van der Waals surface area contributed by atoms with Crippen LogP contribution in [0, 0.1) is 11.6 Å². The van der Waals surface area contributed by atoms with Crippen molar-refractivity contribution in [1.82, 2.24) is 5.32 Å². The summed E-state index contributed by atoms with van der Waals surface area (Å²) < 4.78 is 33.0. The lowest BCUT2D eigenvalue weighted by molar-refractivity contribution is 0.101. The summed E-state index contributed by atoms with van der Waals surface area (Å²) in [5.74, 6) is -2.12. The molecule has 4 nitrogen and oxygen atoms in total. The summed E-state index contributed by atoms with van der Waals surface area (Å²) in [7, 11) is 0. The van der Waals surface area contributed by atoms with E-state index in [0.29, 0.717) is 12.5 Å². The maximum absolute atomic E-state index is 13.9. The van der Waals surface area contributed by atoms with Crippen molar-refractivity contribution < 1.29 is 23.1 Å². The summed E-state index contributed by atoms with van der Waals surface area (Å²) in [6.45, 7) is 1.74. The number of Topliss-reactive ketones (excluding diaryl/α,β-unsaturated/α-hetero) is 1. The highest BCUT2D eigenvalue weighted by Crippen LogP contribution is 2.44. The third-order valence-electron chi connectivity index (χ3n) is 5.69. The lowest BCUT2D eigenvalue weighted by atomic mass is 9.98. The van der Waals surface area contributed by atoms with E-state index in [1.54, 1.807) is 6.08 Å². The van der Waals surface area contributed by atoms with Crippen LogP contribution < -0.4 is 5.32 Å². The monoisotopic (exact) mass is 447 g/mol. The first kappa shape index (κ1) is 22.4. The molecular weight excluding hydrogens is 424 g/mol. The van der Waals surface area contributed by atoms with Gasteiger partial charge in [-0.1, -0.05) is 60.7 Å². The Labute approximate surface area is 190 Å². The molecule has 33 heavy (non-hydrogen) atoms. The van der Waals surface area contributed by atoms with E-state index in [1.807, 2.05) is 24.3 Å². The first-order valence-corrected chi connectivity index (χ1v) is 10.7. The third-order valence-corrected chi connectivity index (χ3v) is 5.69. The molecule has 0 fully saturated rings. The minimum absolute atomic E-state index is 0.0139. The summed E-state index contributed by atoms with van der Waals surface area (Å²) in [6.07, 6.45) is 2.98. The SMILES string of the molecule is CC(=O)c1cc(C=CCCNC(=O)OCC2c3ccccc3-c3ccccc32)c(F)cc1F. The van der Waals surface area contributed by atoms with E-state index in [9.17, 15) is 18.4 Å². The summed E-state index contributed by atoms with van der Waals surface area (Å²) in [5.41, 5.74) is 4.55. The quantitative estimate of drug-likeness (QED) is 0.351. The molecule has 4 rings (SSSR count). The van der Waals surface area contributed by atoms with Gasteiger partial charge in [0, 0.05) is 24.1 Å². The van der Waals surface area contributed by atoms with Crippen LogP contribution >= 0.6 is 0 Å². The molecule has 3 aromatic rings. The fourth-order valence-electron chi connectivity index (χ4n) is 4.08. The van der Waals surface area contributed by atoms with Crippen molar-refractivity contribution in [2.24, 2.45) is 0 Å². The second kappa shape index (κ2) is 9.77. The number of alkyl carbamates (subject to hydrolysis) is 1. The molecule has 0 saturated carbocycles. The lowest BCUT2D eigenvalue weighted by Gasteiger charge is -2.14. The van der Waals surface area contributed by atoms with Crippen LogP contribution in [0.15, 0.2) is 66.7 Å². The first-order valence-electron chi connectivity index (χ1n) is 10.7. The average molecular weight is 447 g/mol. The first-order chi connectivity index (χ1) is 16.0. The van der Waals surface area contributed by atoms with Crippen molar-refractivity contribution in [1.29, 1.82) is 0 Å². The van der Waals surface area contributed by atoms with Gasteiger partial charge in [-0.2, -0.15) is 0 Å². The van der Waals surface area contributed by atoms with Gasteiger partial charge in [-0.15, -0.1) is 0 Å². The van der Waals surface area contributed by atoms with Gasteiger partial charge in [0.05, 0.1) is 5.56 Å². The highest BCUT2D eigenvalue weighted by molar-refractivity contribution is 5.95. The lowest BCUT2D eigenvalue weighted by Crippen LogP contribution is -2.26. The van der Waals surface area contributed by atoms with E-state index in [0.717, 1.165) is 22.3 Å². The van der Waals surface area contributed by atoms with Crippen molar-refractivity contribution in [3.8, 4) is 11.1 Å². The Morgan fingerprint density at radius 2 is 1.61 bits per heavy atom. The van der Waals surface area contributed by atoms with E-state index >= 15 is 0 Å². The van der Waals surface area contributed by atoms with Gasteiger partial charge in [0.2, 0.25) is 0 Å². The van der Waals surface area contributed by atoms with E-state index in [-0.39, 0.29) is 30.2 Å². The number of ether oxygens (including phenoxy) is 1. The molecule has 1 aliphatic carbocycles. The molecule has 0 spiro atoms. The van der Waals surface area contributed by atoms with Crippen molar-refractivity contribution in [3.63, 3.8) is 0 Å². The summed E-state index contributed by atoms with van der Waals surface area (Å²) in [5, 5.41) is 2.67. The van der Waals surface area contributed by atoms with Gasteiger partial charge < -0.3 is 10.1 Å². The van der Waals surface area contributed by atoms with Crippen LogP contribution in [0.5, 0.6) is 0 Å². The van der Waals surface area contributed by atoms with Crippen molar-refractivity contribution in [2.75, 3.05) is 13.2 Å². The number of halogens is 2. The Bertz CT molecular complexity index is 1190. The van der Waals surface area contributed by atoms with Gasteiger partial charge in [-0.25, -0.2) is 13.6 Å². The van der Waals surface area contributed by atoms with Crippen LogP contribution in [0.1, 0.15) is 46.3 Å². The van der Waals surface area contributed by atoms with Crippen LogP contribution in [-0.4, -0.2) is 25.0 Å². The normalized spacial score (nSPS) is 12.5. The molecule has 1 aliphatic rings. The number of nitrogens with one attached hydrogen (secondary N) is 1. The molecule has 1 N–H and O–H groups in total. The zero-order chi connectivity index (χ0) is 23.4. The molecule has 0 aromatic heterocycles. The predicted molar refractivity (Wildman–Crippen MR) is 123 cm³/mol. The maximum atomic E-state index is 13.9. The topological polar surface area (TPSA) is 55.4 Å². The molecule has 0 saturated heterocycles. The minimum Gasteiger partial charge on any atom is -0.449 e. The summed E-state index contributed by atoms with van der Waals surface area (Å²) in [4.78, 5) is 23.6. The van der Waals surface area contributed by atoms with Gasteiger partial charge in [-0.05, 0) is 41.7 Å². The smallest absolute Gasteiger partial charge is 0.407 e. The highest BCUT2D eigenvalue weighted by atomic mass is 19.1. The molecule has 0 atom stereocenters. The van der Waals surface area contributed by atoms with E-state index < -0.39 is 23.5 Å². The highest BCUT2D eigenvalue weighted by Gasteiger charge is 2.28. The Morgan fingerprint density at radius 3 is 2.24 bits per heavy atom. The summed E-state index contributed by atoms with van der Waals surface area (Å²) >= 11 is 0. The molecule has 0 aliphatic heterocycles. The number of fused-ring (bicyclic) bond motifs is 3. The van der Waals surface area contributed by atoms with Gasteiger partial charge in [0.1, 0.15) is 18.2 Å². The van der Waals surface area contributed by atoms with Crippen molar-refractivity contribution in [2.45, 2.75) is 19.3 Å². The number of carbonyl (C=O) groups excluding carboxylic acids is 2. The Hall–Kier alpha value is -3.80. The third kappa shape index (κ3) is 4.85.